The molecule has 0 aliphatic rings. The summed E-state index contributed by atoms with van der Waals surface area (Å²) in [5.74, 6) is -0.534. The lowest BCUT2D eigenvalue weighted by Gasteiger charge is -2.06. The molecule has 3 rings (SSSR count). The Morgan fingerprint density at radius 2 is 2.23 bits per heavy atom. The fourth-order valence-corrected chi connectivity index (χ4v) is 2.51. The molecule has 0 bridgehead atoms. The molecular formula is C15H14ClFN4O. The molecule has 0 radical (unpaired) electrons. The van der Waals surface area contributed by atoms with Crippen molar-refractivity contribution in [1.82, 2.24) is 19.7 Å². The number of aromatic nitrogens is 3. The lowest BCUT2D eigenvalue weighted by atomic mass is 10.2. The minimum Gasteiger partial charge on any atom is -0.349 e. The molecule has 0 aliphatic carbocycles. The van der Waals surface area contributed by atoms with Gasteiger partial charge in [-0.2, -0.15) is 5.10 Å². The van der Waals surface area contributed by atoms with Gasteiger partial charge in [0.1, 0.15) is 11.5 Å². The first-order valence-corrected chi connectivity index (χ1v) is 7.13. The molecule has 5 nitrogen and oxygen atoms in total. The van der Waals surface area contributed by atoms with Crippen LogP contribution in [-0.2, 0) is 13.6 Å². The van der Waals surface area contributed by atoms with Crippen LogP contribution in [0.5, 0.6) is 0 Å². The molecule has 0 saturated carbocycles. The number of halogens is 2. The molecule has 22 heavy (non-hydrogen) atoms. The van der Waals surface area contributed by atoms with Crippen molar-refractivity contribution in [1.29, 1.82) is 0 Å². The van der Waals surface area contributed by atoms with Crippen LogP contribution in [-0.4, -0.2) is 26.8 Å². The fourth-order valence-electron chi connectivity index (χ4n) is 2.36. The van der Waals surface area contributed by atoms with Gasteiger partial charge in [-0.05, 0) is 24.3 Å². The first-order chi connectivity index (χ1) is 10.5. The monoisotopic (exact) mass is 320 g/mol. The van der Waals surface area contributed by atoms with E-state index in [1.54, 1.807) is 40.8 Å². The smallest absolute Gasteiger partial charge is 0.267 e. The predicted octanol–water partition coefficient (Wildman–Crippen LogP) is 2.60. The highest BCUT2D eigenvalue weighted by Crippen LogP contribution is 2.19. The van der Waals surface area contributed by atoms with Crippen molar-refractivity contribution >= 4 is 28.4 Å². The van der Waals surface area contributed by atoms with E-state index in [2.05, 4.69) is 10.4 Å². The van der Waals surface area contributed by atoms with Gasteiger partial charge in [0.2, 0.25) is 0 Å². The summed E-state index contributed by atoms with van der Waals surface area (Å²) >= 11 is 5.77. The molecule has 114 valence electrons. The van der Waals surface area contributed by atoms with Gasteiger partial charge in [-0.3, -0.25) is 9.48 Å². The highest BCUT2D eigenvalue weighted by atomic mass is 35.5. The van der Waals surface area contributed by atoms with Crippen molar-refractivity contribution in [3.63, 3.8) is 0 Å². The summed E-state index contributed by atoms with van der Waals surface area (Å²) in [5, 5.41) is 8.23. The quantitative estimate of drug-likeness (QED) is 0.803. The summed E-state index contributed by atoms with van der Waals surface area (Å²) < 4.78 is 16.6. The molecule has 1 N–H and O–H groups in total. The number of carbonyl (C=O) groups is 1. The maximum absolute atomic E-state index is 13.3. The second-order valence-electron chi connectivity index (χ2n) is 4.97. The van der Waals surface area contributed by atoms with Gasteiger partial charge in [-0.15, -0.1) is 0 Å². The van der Waals surface area contributed by atoms with Crippen LogP contribution in [0.3, 0.4) is 0 Å². The summed E-state index contributed by atoms with van der Waals surface area (Å²) in [6, 6.07) is 6.20. The molecule has 0 saturated heterocycles. The van der Waals surface area contributed by atoms with Gasteiger partial charge in [0.25, 0.3) is 5.91 Å². The Labute approximate surface area is 131 Å². The van der Waals surface area contributed by atoms with Crippen LogP contribution in [0.15, 0.2) is 36.7 Å². The highest BCUT2D eigenvalue weighted by Gasteiger charge is 2.13. The first-order valence-electron chi connectivity index (χ1n) is 6.76. The molecule has 0 spiro atoms. The molecule has 2 heterocycles. The molecule has 3 aromatic rings. The normalized spacial score (nSPS) is 11.0. The maximum Gasteiger partial charge on any atom is 0.267 e. The molecule has 0 atom stereocenters. The topological polar surface area (TPSA) is 51.9 Å². The molecular weight excluding hydrogens is 307 g/mol. The molecule has 0 unspecified atom stereocenters. The summed E-state index contributed by atoms with van der Waals surface area (Å²) in [6.07, 6.45) is 3.23. The zero-order valence-electron chi connectivity index (χ0n) is 11.9. The van der Waals surface area contributed by atoms with Gasteiger partial charge in [0.15, 0.2) is 0 Å². The Kier molecular flexibility index (Phi) is 3.85. The molecule has 0 aliphatic heterocycles. The minimum absolute atomic E-state index is 0.211. The highest BCUT2D eigenvalue weighted by molar-refractivity contribution is 6.30. The number of benzene rings is 1. The lowest BCUT2D eigenvalue weighted by Crippen LogP contribution is -2.28. The van der Waals surface area contributed by atoms with E-state index in [9.17, 15) is 9.18 Å². The van der Waals surface area contributed by atoms with E-state index in [1.807, 2.05) is 0 Å². The SMILES string of the molecule is Cn1c(C(=O)NCCn2cc(Cl)cn2)cc2ccc(F)cc21. The molecule has 7 heteroatoms. The summed E-state index contributed by atoms with van der Waals surface area (Å²) in [4.78, 5) is 12.2. The number of hydrogen-bond acceptors (Lipinski definition) is 2. The van der Waals surface area contributed by atoms with Crippen molar-refractivity contribution in [2.45, 2.75) is 6.54 Å². The number of nitrogens with one attached hydrogen (secondary N) is 1. The van der Waals surface area contributed by atoms with Crippen LogP contribution in [0.1, 0.15) is 10.5 Å². The van der Waals surface area contributed by atoms with Crippen molar-refractivity contribution in [2.24, 2.45) is 7.05 Å². The maximum atomic E-state index is 13.3. The van der Waals surface area contributed by atoms with Crippen molar-refractivity contribution in [3.05, 3.63) is 53.2 Å². The number of hydrogen-bond donors (Lipinski definition) is 1. The number of carbonyl (C=O) groups excluding carboxylic acids is 1. The van der Waals surface area contributed by atoms with Gasteiger partial charge < -0.3 is 9.88 Å². The van der Waals surface area contributed by atoms with Crippen LogP contribution in [0.4, 0.5) is 4.39 Å². The van der Waals surface area contributed by atoms with Crippen LogP contribution in [0.2, 0.25) is 5.02 Å². The van der Waals surface area contributed by atoms with Crippen LogP contribution >= 0.6 is 11.6 Å². The molecule has 1 aromatic carbocycles. The third kappa shape index (κ3) is 2.82. The largest absolute Gasteiger partial charge is 0.349 e. The molecule has 2 aromatic heterocycles. The van der Waals surface area contributed by atoms with E-state index in [4.69, 9.17) is 11.6 Å². The molecule has 1 amide bonds. The Morgan fingerprint density at radius 3 is 2.95 bits per heavy atom. The second kappa shape index (κ2) is 5.81. The van der Waals surface area contributed by atoms with E-state index in [0.717, 1.165) is 5.39 Å². The summed E-state index contributed by atoms with van der Waals surface area (Å²) in [5.41, 5.74) is 1.17. The predicted molar refractivity (Wildman–Crippen MR) is 82.4 cm³/mol. The van der Waals surface area contributed by atoms with Gasteiger partial charge in [-0.1, -0.05) is 11.6 Å². The second-order valence-corrected chi connectivity index (χ2v) is 5.41. The third-order valence-corrected chi connectivity index (χ3v) is 3.66. The van der Waals surface area contributed by atoms with Gasteiger partial charge in [-0.25, -0.2) is 4.39 Å². The number of fused-ring (bicyclic) bond motifs is 1. The zero-order valence-corrected chi connectivity index (χ0v) is 12.6. The lowest BCUT2D eigenvalue weighted by molar-refractivity contribution is 0.0944. The van der Waals surface area contributed by atoms with Crippen molar-refractivity contribution in [2.75, 3.05) is 6.54 Å². The van der Waals surface area contributed by atoms with Crippen molar-refractivity contribution in [3.8, 4) is 0 Å². The van der Waals surface area contributed by atoms with Gasteiger partial charge in [0.05, 0.1) is 23.3 Å². The third-order valence-electron chi connectivity index (χ3n) is 3.47. The molecule has 0 fully saturated rings. The summed E-state index contributed by atoms with van der Waals surface area (Å²) in [7, 11) is 1.74. The number of rotatable bonds is 4. The average molecular weight is 321 g/mol. The number of amides is 1. The van der Waals surface area contributed by atoms with E-state index >= 15 is 0 Å². The van der Waals surface area contributed by atoms with Crippen LogP contribution < -0.4 is 5.32 Å². The van der Waals surface area contributed by atoms with E-state index < -0.39 is 0 Å². The Bertz CT molecular complexity index is 839. The van der Waals surface area contributed by atoms with Gasteiger partial charge in [0, 0.05) is 25.2 Å². The minimum atomic E-state index is -0.323. The standard InChI is InChI=1S/C15H14ClFN4O/c1-20-13-7-12(17)3-2-10(13)6-14(20)15(22)18-4-5-21-9-11(16)8-19-21/h2-3,6-9H,4-5H2,1H3,(H,18,22). The number of nitrogens with zero attached hydrogens (tertiary/aromatic N) is 3. The van der Waals surface area contributed by atoms with E-state index in [-0.39, 0.29) is 11.7 Å². The zero-order chi connectivity index (χ0) is 15.7. The Morgan fingerprint density at radius 1 is 1.41 bits per heavy atom. The van der Waals surface area contributed by atoms with E-state index in [0.29, 0.717) is 29.3 Å². The summed E-state index contributed by atoms with van der Waals surface area (Å²) in [6.45, 7) is 0.948. The van der Waals surface area contributed by atoms with Crippen LogP contribution in [0, 0.1) is 5.82 Å². The Hall–Kier alpha value is -2.34. The Balaban J connectivity index is 1.71. The average Bonchev–Trinajstić information content (AvgIpc) is 3.03. The number of aryl methyl sites for hydroxylation is 1. The fraction of sp³-hybridized carbons (Fsp3) is 0.200. The van der Waals surface area contributed by atoms with E-state index in [1.165, 1.54) is 12.1 Å². The van der Waals surface area contributed by atoms with Gasteiger partial charge >= 0.3 is 0 Å². The van der Waals surface area contributed by atoms with Crippen LogP contribution in [0.25, 0.3) is 10.9 Å². The first kappa shape index (κ1) is 14.6. The van der Waals surface area contributed by atoms with Crippen molar-refractivity contribution < 1.29 is 9.18 Å².